The number of likely N-dealkylation sites (tertiary alicyclic amines) is 1. The maximum atomic E-state index is 12.3. The maximum absolute atomic E-state index is 12.3. The zero-order chi connectivity index (χ0) is 16.1. The fourth-order valence-corrected chi connectivity index (χ4v) is 2.60. The minimum absolute atomic E-state index is 0.00477. The van der Waals surface area contributed by atoms with Gasteiger partial charge in [-0.25, -0.2) is 0 Å². The van der Waals surface area contributed by atoms with Crippen LogP contribution in [0.25, 0.3) is 0 Å². The fourth-order valence-electron chi connectivity index (χ4n) is 2.60. The van der Waals surface area contributed by atoms with E-state index in [4.69, 9.17) is 0 Å². The summed E-state index contributed by atoms with van der Waals surface area (Å²) in [5.74, 6) is -0.439. The smallest absolute Gasteiger partial charge is 0.229 e. The summed E-state index contributed by atoms with van der Waals surface area (Å²) in [6.45, 7) is 4.14. The number of hydrogen-bond acceptors (Lipinski definition) is 3. The summed E-state index contributed by atoms with van der Waals surface area (Å²) in [6.07, 6.45) is 1.62. The van der Waals surface area contributed by atoms with Gasteiger partial charge in [0, 0.05) is 38.3 Å². The molecule has 1 fully saturated rings. The lowest BCUT2D eigenvalue weighted by Crippen LogP contribution is -2.42. The molecule has 1 aromatic carbocycles. The molecular formula is C16H21N3O3. The van der Waals surface area contributed by atoms with Crippen molar-refractivity contribution in [1.29, 1.82) is 0 Å². The topological polar surface area (TPSA) is 78.5 Å². The molecule has 1 unspecified atom stereocenters. The van der Waals surface area contributed by atoms with Crippen molar-refractivity contribution in [3.63, 3.8) is 0 Å². The third-order valence-electron chi connectivity index (χ3n) is 3.69. The van der Waals surface area contributed by atoms with Crippen LogP contribution >= 0.6 is 0 Å². The number of rotatable bonds is 3. The number of benzene rings is 1. The lowest BCUT2D eigenvalue weighted by molar-refractivity contribution is -0.132. The number of anilines is 2. The van der Waals surface area contributed by atoms with E-state index < -0.39 is 0 Å². The molecule has 22 heavy (non-hydrogen) atoms. The standard InChI is InChI=1S/C16H21N3O3/c1-11(20)17-14-6-3-7-15(9-14)18-16(22)13-5-4-8-19(10-13)12(2)21/h3,6-7,9,13H,4-5,8,10H2,1-2H3,(H,17,20)(H,18,22). The molecule has 1 aliphatic heterocycles. The maximum Gasteiger partial charge on any atom is 0.229 e. The highest BCUT2D eigenvalue weighted by Gasteiger charge is 2.26. The van der Waals surface area contributed by atoms with Crippen LogP contribution in [0.3, 0.4) is 0 Å². The van der Waals surface area contributed by atoms with Gasteiger partial charge in [0.2, 0.25) is 17.7 Å². The summed E-state index contributed by atoms with van der Waals surface area (Å²) in [5.41, 5.74) is 1.27. The van der Waals surface area contributed by atoms with Crippen molar-refractivity contribution in [2.75, 3.05) is 23.7 Å². The minimum atomic E-state index is -0.193. The molecule has 1 saturated heterocycles. The summed E-state index contributed by atoms with van der Waals surface area (Å²) >= 11 is 0. The van der Waals surface area contributed by atoms with Crippen LogP contribution in [0, 0.1) is 5.92 Å². The highest BCUT2D eigenvalue weighted by Crippen LogP contribution is 2.20. The lowest BCUT2D eigenvalue weighted by Gasteiger charge is -2.31. The molecule has 0 aromatic heterocycles. The first-order valence-corrected chi connectivity index (χ1v) is 7.39. The SMILES string of the molecule is CC(=O)Nc1cccc(NC(=O)C2CCCN(C(C)=O)C2)c1. The van der Waals surface area contributed by atoms with Crippen LogP contribution in [-0.4, -0.2) is 35.7 Å². The first-order valence-electron chi connectivity index (χ1n) is 7.39. The summed E-state index contributed by atoms with van der Waals surface area (Å²) in [4.78, 5) is 36.5. The van der Waals surface area contributed by atoms with Crippen LogP contribution in [-0.2, 0) is 14.4 Å². The van der Waals surface area contributed by atoms with Crippen LogP contribution in [0.15, 0.2) is 24.3 Å². The van der Waals surface area contributed by atoms with Crippen LogP contribution in [0.1, 0.15) is 26.7 Å². The monoisotopic (exact) mass is 303 g/mol. The Morgan fingerprint density at radius 1 is 1.14 bits per heavy atom. The Balaban J connectivity index is 1.99. The molecule has 6 heteroatoms. The second kappa shape index (κ2) is 7.06. The Labute approximate surface area is 129 Å². The molecular weight excluding hydrogens is 282 g/mol. The Bertz CT molecular complexity index is 586. The van der Waals surface area contributed by atoms with Gasteiger partial charge in [-0.05, 0) is 31.0 Å². The van der Waals surface area contributed by atoms with Gasteiger partial charge in [-0.15, -0.1) is 0 Å². The molecule has 1 heterocycles. The van der Waals surface area contributed by atoms with Crippen LogP contribution in [0.2, 0.25) is 0 Å². The summed E-state index contributed by atoms with van der Waals surface area (Å²) in [7, 11) is 0. The second-order valence-electron chi connectivity index (χ2n) is 5.56. The molecule has 0 spiro atoms. The first-order chi connectivity index (χ1) is 10.5. The number of nitrogens with zero attached hydrogens (tertiary/aromatic N) is 1. The minimum Gasteiger partial charge on any atom is -0.342 e. The predicted molar refractivity (Wildman–Crippen MR) is 84.4 cm³/mol. The summed E-state index contributed by atoms with van der Waals surface area (Å²) in [6, 6.07) is 7.01. The van der Waals surface area contributed by atoms with Gasteiger partial charge in [-0.3, -0.25) is 14.4 Å². The molecule has 0 radical (unpaired) electrons. The number of amides is 3. The number of carbonyl (C=O) groups is 3. The molecule has 0 bridgehead atoms. The van der Waals surface area contributed by atoms with E-state index in [2.05, 4.69) is 10.6 Å². The molecule has 118 valence electrons. The Morgan fingerprint density at radius 2 is 1.82 bits per heavy atom. The normalized spacial score (nSPS) is 17.7. The first kappa shape index (κ1) is 16.0. The zero-order valence-electron chi connectivity index (χ0n) is 12.9. The lowest BCUT2D eigenvalue weighted by atomic mass is 9.97. The van der Waals surface area contributed by atoms with Crippen molar-refractivity contribution in [3.8, 4) is 0 Å². The highest BCUT2D eigenvalue weighted by atomic mass is 16.2. The number of nitrogens with one attached hydrogen (secondary N) is 2. The van der Waals surface area contributed by atoms with Gasteiger partial charge < -0.3 is 15.5 Å². The molecule has 3 amide bonds. The second-order valence-corrected chi connectivity index (χ2v) is 5.56. The van der Waals surface area contributed by atoms with Gasteiger partial charge in [0.25, 0.3) is 0 Å². The van der Waals surface area contributed by atoms with Crippen LogP contribution in [0.4, 0.5) is 11.4 Å². The number of piperidine rings is 1. The summed E-state index contributed by atoms with van der Waals surface area (Å²) < 4.78 is 0. The van der Waals surface area contributed by atoms with Crippen LogP contribution < -0.4 is 10.6 Å². The number of hydrogen-bond donors (Lipinski definition) is 2. The van der Waals surface area contributed by atoms with Gasteiger partial charge in [0.15, 0.2) is 0 Å². The molecule has 2 N–H and O–H groups in total. The van der Waals surface area contributed by atoms with Crippen LogP contribution in [0.5, 0.6) is 0 Å². The van der Waals surface area contributed by atoms with Crippen molar-refractivity contribution in [2.24, 2.45) is 5.92 Å². The van der Waals surface area contributed by atoms with Crippen molar-refractivity contribution in [1.82, 2.24) is 4.90 Å². The van der Waals surface area contributed by atoms with Crippen molar-refractivity contribution in [3.05, 3.63) is 24.3 Å². The Hall–Kier alpha value is -2.37. The molecule has 1 aliphatic rings. The van der Waals surface area contributed by atoms with E-state index in [1.165, 1.54) is 13.8 Å². The van der Waals surface area contributed by atoms with Crippen molar-refractivity contribution >= 4 is 29.1 Å². The zero-order valence-corrected chi connectivity index (χ0v) is 12.9. The van der Waals surface area contributed by atoms with E-state index >= 15 is 0 Å². The number of carbonyl (C=O) groups excluding carboxylic acids is 3. The van der Waals surface area contributed by atoms with Crippen molar-refractivity contribution in [2.45, 2.75) is 26.7 Å². The van der Waals surface area contributed by atoms with E-state index in [0.29, 0.717) is 17.9 Å². The Kier molecular flexibility index (Phi) is 5.14. The van der Waals surface area contributed by atoms with E-state index in [1.807, 2.05) is 0 Å². The van der Waals surface area contributed by atoms with E-state index in [-0.39, 0.29) is 23.6 Å². The van der Waals surface area contributed by atoms with Crippen molar-refractivity contribution < 1.29 is 14.4 Å². The van der Waals surface area contributed by atoms with Gasteiger partial charge in [-0.1, -0.05) is 6.07 Å². The summed E-state index contributed by atoms with van der Waals surface area (Å²) in [5, 5.41) is 5.53. The largest absolute Gasteiger partial charge is 0.342 e. The van der Waals surface area contributed by atoms with E-state index in [9.17, 15) is 14.4 Å². The predicted octanol–water partition coefficient (Wildman–Crippen LogP) is 1.84. The average molecular weight is 303 g/mol. The third-order valence-corrected chi connectivity index (χ3v) is 3.69. The molecule has 2 rings (SSSR count). The molecule has 0 aliphatic carbocycles. The quantitative estimate of drug-likeness (QED) is 0.894. The van der Waals surface area contributed by atoms with Gasteiger partial charge >= 0.3 is 0 Å². The van der Waals surface area contributed by atoms with Gasteiger partial charge in [0.1, 0.15) is 0 Å². The van der Waals surface area contributed by atoms with E-state index in [1.54, 1.807) is 29.2 Å². The van der Waals surface area contributed by atoms with E-state index in [0.717, 1.165) is 19.4 Å². The Morgan fingerprint density at radius 3 is 2.45 bits per heavy atom. The average Bonchev–Trinajstić information content (AvgIpc) is 2.47. The van der Waals surface area contributed by atoms with Gasteiger partial charge in [0.05, 0.1) is 5.92 Å². The third kappa shape index (κ3) is 4.31. The molecule has 6 nitrogen and oxygen atoms in total. The fraction of sp³-hybridized carbons (Fsp3) is 0.438. The molecule has 1 aromatic rings. The molecule has 0 saturated carbocycles. The highest BCUT2D eigenvalue weighted by molar-refractivity contribution is 5.94. The molecule has 1 atom stereocenters. The van der Waals surface area contributed by atoms with Gasteiger partial charge in [-0.2, -0.15) is 0 Å².